The smallest absolute Gasteiger partial charge is 0.221 e. The Balaban J connectivity index is 1.81. The van der Waals surface area contributed by atoms with Crippen LogP contribution in [0.25, 0.3) is 5.69 Å². The highest BCUT2D eigenvalue weighted by molar-refractivity contribution is 7.99. The fourth-order valence-electron chi connectivity index (χ4n) is 3.36. The zero-order valence-electron chi connectivity index (χ0n) is 17.6. The van der Waals surface area contributed by atoms with E-state index in [1.54, 1.807) is 0 Å². The van der Waals surface area contributed by atoms with E-state index in [4.69, 9.17) is 0 Å². The Morgan fingerprint density at radius 3 is 2.67 bits per heavy atom. The van der Waals surface area contributed by atoms with Crippen LogP contribution in [0.4, 0.5) is 5.69 Å². The van der Waals surface area contributed by atoms with Crippen LogP contribution in [0.2, 0.25) is 0 Å². The molecule has 1 N–H and O–H groups in total. The van der Waals surface area contributed by atoms with Crippen LogP contribution in [-0.2, 0) is 11.3 Å². The largest absolute Gasteiger partial charge is 0.345 e. The van der Waals surface area contributed by atoms with Crippen molar-refractivity contribution in [3.05, 3.63) is 65.8 Å². The van der Waals surface area contributed by atoms with Gasteiger partial charge in [-0.15, -0.1) is 16.8 Å². The van der Waals surface area contributed by atoms with Gasteiger partial charge in [0, 0.05) is 36.1 Å². The van der Waals surface area contributed by atoms with E-state index < -0.39 is 0 Å². The molecule has 0 spiro atoms. The molecule has 2 heterocycles. The number of benzene rings is 1. The average molecular weight is 424 g/mol. The first-order chi connectivity index (χ1) is 14.3. The van der Waals surface area contributed by atoms with Crippen molar-refractivity contribution in [1.29, 1.82) is 0 Å². The molecule has 0 aliphatic carbocycles. The molecule has 0 fully saturated rings. The maximum absolute atomic E-state index is 12.9. The summed E-state index contributed by atoms with van der Waals surface area (Å²) in [5.41, 5.74) is 4.21. The lowest BCUT2D eigenvalue weighted by Crippen LogP contribution is -2.08. The van der Waals surface area contributed by atoms with Crippen LogP contribution in [0, 0.1) is 20.8 Å². The zero-order valence-corrected chi connectivity index (χ0v) is 18.4. The Kier molecular flexibility index (Phi) is 6.56. The maximum atomic E-state index is 12.9. The number of Topliss-reactive ketones (excluding diaryl/α,β-unsaturated/α-hetero) is 1. The molecular formula is C22H25N5O2S. The Labute approximate surface area is 180 Å². The molecule has 156 valence electrons. The fraction of sp³-hybridized carbons (Fsp3) is 0.273. The number of amides is 1. The summed E-state index contributed by atoms with van der Waals surface area (Å²) < 4.78 is 3.95. The molecule has 0 aliphatic heterocycles. The van der Waals surface area contributed by atoms with Gasteiger partial charge in [-0.1, -0.05) is 23.9 Å². The van der Waals surface area contributed by atoms with Crippen LogP contribution >= 0.6 is 11.8 Å². The molecule has 0 bridgehead atoms. The molecule has 1 amide bonds. The number of anilines is 1. The second-order valence-corrected chi connectivity index (χ2v) is 7.94. The normalized spacial score (nSPS) is 10.8. The molecule has 0 aliphatic rings. The number of nitrogens with one attached hydrogen (secondary N) is 1. The third-order valence-corrected chi connectivity index (χ3v) is 5.67. The lowest BCUT2D eigenvalue weighted by atomic mass is 10.2. The van der Waals surface area contributed by atoms with Gasteiger partial charge in [-0.05, 0) is 45.0 Å². The number of thioether (sulfide) groups is 1. The molecule has 7 nitrogen and oxygen atoms in total. The molecule has 0 atom stereocenters. The van der Waals surface area contributed by atoms with Gasteiger partial charge in [-0.2, -0.15) is 0 Å². The average Bonchev–Trinajstić information content (AvgIpc) is 3.20. The van der Waals surface area contributed by atoms with Crippen LogP contribution in [0.5, 0.6) is 0 Å². The number of hydrogen-bond acceptors (Lipinski definition) is 5. The predicted molar refractivity (Wildman–Crippen MR) is 120 cm³/mol. The first-order valence-corrected chi connectivity index (χ1v) is 10.5. The van der Waals surface area contributed by atoms with Gasteiger partial charge >= 0.3 is 0 Å². The minimum atomic E-state index is -0.137. The van der Waals surface area contributed by atoms with Crippen molar-refractivity contribution >= 4 is 29.1 Å². The summed E-state index contributed by atoms with van der Waals surface area (Å²) >= 11 is 1.35. The first kappa shape index (κ1) is 21.6. The van der Waals surface area contributed by atoms with Gasteiger partial charge < -0.3 is 9.88 Å². The number of aryl methyl sites for hydroxylation is 2. The molecule has 1 aromatic carbocycles. The third-order valence-electron chi connectivity index (χ3n) is 4.74. The van der Waals surface area contributed by atoms with Crippen molar-refractivity contribution in [3.8, 4) is 5.69 Å². The van der Waals surface area contributed by atoms with E-state index in [0.29, 0.717) is 23.2 Å². The predicted octanol–water partition coefficient (Wildman–Crippen LogP) is 4.11. The molecular weight excluding hydrogens is 398 g/mol. The van der Waals surface area contributed by atoms with E-state index in [1.165, 1.54) is 18.7 Å². The summed E-state index contributed by atoms with van der Waals surface area (Å²) in [6, 6.07) is 9.37. The Hall–Kier alpha value is -3.13. The second kappa shape index (κ2) is 9.13. The number of hydrogen-bond donors (Lipinski definition) is 1. The molecule has 0 radical (unpaired) electrons. The second-order valence-electron chi connectivity index (χ2n) is 6.99. The number of aromatic nitrogens is 4. The van der Waals surface area contributed by atoms with Gasteiger partial charge in [0.15, 0.2) is 10.9 Å². The summed E-state index contributed by atoms with van der Waals surface area (Å²) in [6.45, 7) is 11.7. The monoisotopic (exact) mass is 423 g/mol. The van der Waals surface area contributed by atoms with E-state index in [-0.39, 0.29) is 17.4 Å². The van der Waals surface area contributed by atoms with Gasteiger partial charge in [0.05, 0.1) is 11.4 Å². The topological polar surface area (TPSA) is 81.8 Å². The van der Waals surface area contributed by atoms with Crippen molar-refractivity contribution in [1.82, 2.24) is 19.3 Å². The van der Waals surface area contributed by atoms with Crippen molar-refractivity contribution in [2.75, 3.05) is 11.1 Å². The molecule has 0 unspecified atom stereocenters. The number of rotatable bonds is 8. The number of allylic oxidation sites excluding steroid dienone is 1. The highest BCUT2D eigenvalue weighted by Crippen LogP contribution is 2.25. The van der Waals surface area contributed by atoms with Crippen LogP contribution < -0.4 is 5.32 Å². The summed E-state index contributed by atoms with van der Waals surface area (Å²) in [7, 11) is 0. The van der Waals surface area contributed by atoms with Crippen molar-refractivity contribution < 1.29 is 9.59 Å². The van der Waals surface area contributed by atoms with Gasteiger partial charge in [-0.3, -0.25) is 14.2 Å². The van der Waals surface area contributed by atoms with Crippen LogP contribution in [0.3, 0.4) is 0 Å². The molecule has 0 saturated carbocycles. The minimum Gasteiger partial charge on any atom is -0.345 e. The summed E-state index contributed by atoms with van der Waals surface area (Å²) in [5, 5.41) is 11.8. The highest BCUT2D eigenvalue weighted by Gasteiger charge is 2.18. The van der Waals surface area contributed by atoms with Gasteiger partial charge in [-0.25, -0.2) is 0 Å². The van der Waals surface area contributed by atoms with Crippen molar-refractivity contribution in [3.63, 3.8) is 0 Å². The third kappa shape index (κ3) is 4.54. The fourth-order valence-corrected chi connectivity index (χ4v) is 4.24. The number of nitrogens with zero attached hydrogens (tertiary/aromatic N) is 4. The molecule has 0 saturated heterocycles. The van der Waals surface area contributed by atoms with Crippen molar-refractivity contribution in [2.24, 2.45) is 0 Å². The molecule has 3 rings (SSSR count). The van der Waals surface area contributed by atoms with Gasteiger partial charge in [0.2, 0.25) is 5.91 Å². The summed E-state index contributed by atoms with van der Waals surface area (Å²) in [6.07, 6.45) is 1.82. The van der Waals surface area contributed by atoms with Crippen LogP contribution in [-0.4, -0.2) is 36.8 Å². The van der Waals surface area contributed by atoms with E-state index in [0.717, 1.165) is 22.6 Å². The Bertz CT molecular complexity index is 1110. The summed E-state index contributed by atoms with van der Waals surface area (Å²) in [5.74, 6) is 0.862. The standard InChI is InChI=1S/C22H25N5O2S/c1-6-10-26-14(2)11-20(15(26)3)21(29)13-30-22-25-24-16(4)27(22)19-9-7-8-18(12-19)23-17(5)28/h6-9,11-12H,1,10,13H2,2-5H3,(H,23,28). The quantitative estimate of drug-likeness (QED) is 0.335. The number of carbonyl (C=O) groups excluding carboxylic acids is 2. The lowest BCUT2D eigenvalue weighted by molar-refractivity contribution is -0.114. The Morgan fingerprint density at radius 2 is 1.97 bits per heavy atom. The molecule has 2 aromatic heterocycles. The number of carbonyl (C=O) groups is 2. The maximum Gasteiger partial charge on any atom is 0.221 e. The zero-order chi connectivity index (χ0) is 21.8. The number of ketones is 1. The molecule has 8 heteroatoms. The van der Waals surface area contributed by atoms with Crippen molar-refractivity contribution in [2.45, 2.75) is 39.4 Å². The minimum absolute atomic E-state index is 0.0441. The van der Waals surface area contributed by atoms with Crippen LogP contribution in [0.1, 0.15) is 34.5 Å². The van der Waals surface area contributed by atoms with E-state index in [9.17, 15) is 9.59 Å². The molecule has 30 heavy (non-hydrogen) atoms. The van der Waals surface area contributed by atoms with E-state index in [1.807, 2.05) is 61.7 Å². The van der Waals surface area contributed by atoms with E-state index >= 15 is 0 Å². The highest BCUT2D eigenvalue weighted by atomic mass is 32.2. The SMILES string of the molecule is C=CCn1c(C)cc(C(=O)CSc2nnc(C)n2-c2cccc(NC(C)=O)c2)c1C. The Morgan fingerprint density at radius 1 is 1.20 bits per heavy atom. The summed E-state index contributed by atoms with van der Waals surface area (Å²) in [4.78, 5) is 24.2. The van der Waals surface area contributed by atoms with Gasteiger partial charge in [0.1, 0.15) is 5.82 Å². The molecule has 3 aromatic rings. The first-order valence-electron chi connectivity index (χ1n) is 9.55. The van der Waals surface area contributed by atoms with Gasteiger partial charge in [0.25, 0.3) is 0 Å². The van der Waals surface area contributed by atoms with Crippen LogP contribution in [0.15, 0.2) is 48.1 Å². The van der Waals surface area contributed by atoms with E-state index in [2.05, 4.69) is 26.7 Å². The lowest BCUT2D eigenvalue weighted by Gasteiger charge is -2.10.